The van der Waals surface area contributed by atoms with Crippen LogP contribution in [-0.4, -0.2) is 17.7 Å². The van der Waals surface area contributed by atoms with Crippen LogP contribution in [0.1, 0.15) is 62.6 Å². The van der Waals surface area contributed by atoms with Gasteiger partial charge in [-0.1, -0.05) is 61.5 Å². The highest BCUT2D eigenvalue weighted by atomic mass is 16.2. The van der Waals surface area contributed by atoms with Gasteiger partial charge in [0.2, 0.25) is 5.91 Å². The summed E-state index contributed by atoms with van der Waals surface area (Å²) in [5.74, 6) is 0.520. The van der Waals surface area contributed by atoms with Gasteiger partial charge in [0.25, 0.3) is 0 Å². The van der Waals surface area contributed by atoms with Crippen LogP contribution in [0.2, 0.25) is 0 Å². The second-order valence-electron chi connectivity index (χ2n) is 7.58. The number of ketones is 1. The van der Waals surface area contributed by atoms with Crippen LogP contribution >= 0.6 is 0 Å². The lowest BCUT2D eigenvalue weighted by molar-refractivity contribution is -0.126. The van der Waals surface area contributed by atoms with Crippen molar-refractivity contribution in [2.75, 3.05) is 0 Å². The highest BCUT2D eigenvalue weighted by Gasteiger charge is 2.46. The molecular weight excluding hydrogens is 322 g/mol. The minimum absolute atomic E-state index is 0.00296. The van der Waals surface area contributed by atoms with Gasteiger partial charge in [-0.05, 0) is 49.3 Å². The summed E-state index contributed by atoms with van der Waals surface area (Å²) in [6, 6.07) is 18.2. The van der Waals surface area contributed by atoms with Gasteiger partial charge in [0, 0.05) is 12.5 Å². The summed E-state index contributed by atoms with van der Waals surface area (Å²) >= 11 is 0. The zero-order chi connectivity index (χ0) is 18.7. The molecule has 0 spiro atoms. The fourth-order valence-electron chi connectivity index (χ4n) is 4.26. The number of fused-ring (bicyclic) bond motifs is 1. The van der Waals surface area contributed by atoms with E-state index in [1.54, 1.807) is 6.92 Å². The van der Waals surface area contributed by atoms with Crippen molar-refractivity contribution in [3.05, 3.63) is 71.3 Å². The Morgan fingerprint density at radius 2 is 1.77 bits per heavy atom. The number of nitrogens with one attached hydrogen (secondary N) is 1. The lowest BCUT2D eigenvalue weighted by atomic mass is 9.63. The molecule has 2 aromatic rings. The minimum atomic E-state index is -0.699. The van der Waals surface area contributed by atoms with Crippen molar-refractivity contribution >= 4 is 11.7 Å². The molecule has 3 atom stereocenters. The van der Waals surface area contributed by atoms with Gasteiger partial charge in [0.05, 0.1) is 5.41 Å². The van der Waals surface area contributed by atoms with Crippen molar-refractivity contribution < 1.29 is 9.59 Å². The first-order valence-corrected chi connectivity index (χ1v) is 9.40. The van der Waals surface area contributed by atoms with E-state index >= 15 is 0 Å². The number of Topliss-reactive ketones (excluding diaryl/α,β-unsaturated/α-hetero) is 1. The normalized spacial score (nSPS) is 23.0. The van der Waals surface area contributed by atoms with Crippen LogP contribution in [0.4, 0.5) is 0 Å². The minimum Gasteiger partial charge on any atom is -0.352 e. The summed E-state index contributed by atoms with van der Waals surface area (Å²) < 4.78 is 0. The van der Waals surface area contributed by atoms with Gasteiger partial charge in [0.15, 0.2) is 0 Å². The fraction of sp³-hybridized carbons (Fsp3) is 0.391. The summed E-state index contributed by atoms with van der Waals surface area (Å²) in [5.41, 5.74) is 2.66. The third-order valence-electron chi connectivity index (χ3n) is 5.53. The van der Waals surface area contributed by atoms with Crippen molar-refractivity contribution in [1.82, 2.24) is 5.32 Å². The Labute approximate surface area is 155 Å². The molecule has 1 N–H and O–H groups in total. The van der Waals surface area contributed by atoms with Crippen LogP contribution in [0.25, 0.3) is 0 Å². The van der Waals surface area contributed by atoms with E-state index in [1.165, 1.54) is 5.56 Å². The van der Waals surface area contributed by atoms with Crippen molar-refractivity contribution in [3.63, 3.8) is 0 Å². The molecule has 1 amide bonds. The Morgan fingerprint density at radius 3 is 2.46 bits per heavy atom. The molecule has 0 saturated carbocycles. The first kappa shape index (κ1) is 18.4. The number of hydrogen-bond acceptors (Lipinski definition) is 2. The zero-order valence-electron chi connectivity index (χ0n) is 15.8. The predicted molar refractivity (Wildman–Crippen MR) is 104 cm³/mol. The van der Waals surface area contributed by atoms with E-state index < -0.39 is 5.41 Å². The molecule has 0 saturated heterocycles. The fourth-order valence-corrected chi connectivity index (χ4v) is 4.26. The molecule has 0 bridgehead atoms. The van der Waals surface area contributed by atoms with E-state index in [0.29, 0.717) is 12.3 Å². The molecular formula is C23H27NO2. The molecule has 1 aliphatic rings. The molecule has 3 nitrogen and oxygen atoms in total. The summed E-state index contributed by atoms with van der Waals surface area (Å²) in [6.45, 7) is 5.69. The second-order valence-corrected chi connectivity index (χ2v) is 7.58. The van der Waals surface area contributed by atoms with Gasteiger partial charge in [-0.2, -0.15) is 0 Å². The Hall–Kier alpha value is -2.42. The van der Waals surface area contributed by atoms with Crippen LogP contribution in [0.3, 0.4) is 0 Å². The molecule has 3 rings (SSSR count). The Balaban J connectivity index is 2.10. The van der Waals surface area contributed by atoms with Gasteiger partial charge in [0.1, 0.15) is 5.78 Å². The highest BCUT2D eigenvalue weighted by Crippen LogP contribution is 2.47. The standard InChI is InChI=1S/C23H27NO2/c1-16-13-14-23(19-9-5-4-6-10-19,21-12-8-7-11-20(16)21)22(26)24-17(2)15-18(3)25/h4-12,16-17H,13-15H2,1-3H3,(H,24,26)/t16-,17?,23+/m0/s1. The van der Waals surface area contributed by atoms with Gasteiger partial charge in [-0.25, -0.2) is 0 Å². The quantitative estimate of drug-likeness (QED) is 0.872. The summed E-state index contributed by atoms with van der Waals surface area (Å²) in [5, 5.41) is 3.12. The third-order valence-corrected chi connectivity index (χ3v) is 5.53. The first-order valence-electron chi connectivity index (χ1n) is 9.40. The molecule has 3 heteroatoms. The molecule has 0 aliphatic heterocycles. The summed E-state index contributed by atoms with van der Waals surface area (Å²) in [7, 11) is 0. The van der Waals surface area contributed by atoms with Crippen LogP contribution in [0, 0.1) is 0 Å². The van der Waals surface area contributed by atoms with Gasteiger partial charge in [-0.15, -0.1) is 0 Å². The maximum atomic E-state index is 13.6. The molecule has 0 aromatic heterocycles. The number of hydrogen-bond donors (Lipinski definition) is 1. The summed E-state index contributed by atoms with van der Waals surface area (Å²) in [6.07, 6.45) is 2.09. The second kappa shape index (κ2) is 7.45. The number of rotatable bonds is 5. The predicted octanol–water partition coefficient (Wildman–Crippen LogP) is 4.35. The van der Waals surface area contributed by atoms with E-state index in [4.69, 9.17) is 0 Å². The van der Waals surface area contributed by atoms with Gasteiger partial charge in [-0.3, -0.25) is 9.59 Å². The van der Waals surface area contributed by atoms with Gasteiger partial charge < -0.3 is 5.32 Å². The maximum absolute atomic E-state index is 13.6. The molecule has 26 heavy (non-hydrogen) atoms. The van der Waals surface area contributed by atoms with Crippen molar-refractivity contribution in [2.24, 2.45) is 0 Å². The molecule has 2 aromatic carbocycles. The van der Waals surface area contributed by atoms with Gasteiger partial charge >= 0.3 is 0 Å². The number of carbonyl (C=O) groups excluding carboxylic acids is 2. The monoisotopic (exact) mass is 349 g/mol. The van der Waals surface area contributed by atoms with E-state index in [1.807, 2.05) is 49.4 Å². The smallest absolute Gasteiger partial charge is 0.235 e. The zero-order valence-corrected chi connectivity index (χ0v) is 15.8. The van der Waals surface area contributed by atoms with E-state index in [0.717, 1.165) is 24.0 Å². The van der Waals surface area contributed by atoms with E-state index in [9.17, 15) is 9.59 Å². The molecule has 1 unspecified atom stereocenters. The molecule has 0 fully saturated rings. The Kier molecular flexibility index (Phi) is 5.26. The van der Waals surface area contributed by atoms with Crippen molar-refractivity contribution in [3.8, 4) is 0 Å². The van der Waals surface area contributed by atoms with Crippen LogP contribution in [-0.2, 0) is 15.0 Å². The number of carbonyl (C=O) groups is 2. The molecule has 1 aliphatic carbocycles. The largest absolute Gasteiger partial charge is 0.352 e. The Bertz CT molecular complexity index is 799. The third kappa shape index (κ3) is 3.31. The molecule has 0 heterocycles. The average Bonchev–Trinajstić information content (AvgIpc) is 2.62. The maximum Gasteiger partial charge on any atom is 0.235 e. The van der Waals surface area contributed by atoms with E-state index in [-0.39, 0.29) is 17.7 Å². The van der Waals surface area contributed by atoms with Crippen LogP contribution in [0.5, 0.6) is 0 Å². The van der Waals surface area contributed by atoms with Crippen molar-refractivity contribution in [2.45, 2.75) is 57.4 Å². The Morgan fingerprint density at radius 1 is 1.12 bits per heavy atom. The topological polar surface area (TPSA) is 46.2 Å². The SMILES string of the molecule is CC(=O)CC(C)NC(=O)[C@@]1(c2ccccc2)CC[C@H](C)c2ccccc21. The molecule has 136 valence electrons. The molecule has 0 radical (unpaired) electrons. The van der Waals surface area contributed by atoms with Crippen LogP contribution in [0.15, 0.2) is 54.6 Å². The average molecular weight is 349 g/mol. The lowest BCUT2D eigenvalue weighted by Crippen LogP contribution is -2.50. The van der Waals surface area contributed by atoms with Crippen LogP contribution < -0.4 is 5.32 Å². The highest BCUT2D eigenvalue weighted by molar-refractivity contribution is 5.93. The summed E-state index contributed by atoms with van der Waals surface area (Å²) in [4.78, 5) is 25.0. The number of amides is 1. The van der Waals surface area contributed by atoms with E-state index in [2.05, 4.69) is 24.4 Å². The lowest BCUT2D eigenvalue weighted by Gasteiger charge is -2.41. The first-order chi connectivity index (χ1) is 12.4. The van der Waals surface area contributed by atoms with Crippen molar-refractivity contribution in [1.29, 1.82) is 0 Å². The number of benzene rings is 2.